The molecular formula is C15H16O3. The van der Waals surface area contributed by atoms with Gasteiger partial charge in [0.2, 0.25) is 0 Å². The Morgan fingerprint density at radius 3 is 2.61 bits per heavy atom. The highest BCUT2D eigenvalue weighted by Gasteiger charge is 2.14. The van der Waals surface area contributed by atoms with Crippen LogP contribution >= 0.6 is 0 Å². The molecule has 1 unspecified atom stereocenters. The number of benzene rings is 2. The first-order valence-electron chi connectivity index (χ1n) is 6.06. The fraction of sp³-hybridized carbons (Fsp3) is 0.267. The quantitative estimate of drug-likeness (QED) is 0.664. The number of esters is 1. The first-order valence-corrected chi connectivity index (χ1v) is 6.06. The molecule has 0 amide bonds. The van der Waals surface area contributed by atoms with Crippen LogP contribution in [-0.2, 0) is 4.79 Å². The van der Waals surface area contributed by atoms with Crippen molar-refractivity contribution in [2.24, 2.45) is 5.92 Å². The van der Waals surface area contributed by atoms with Gasteiger partial charge in [0, 0.05) is 10.8 Å². The van der Waals surface area contributed by atoms with Crippen LogP contribution < -0.4 is 4.74 Å². The number of fused-ring (bicyclic) bond motifs is 1. The van der Waals surface area contributed by atoms with Crippen molar-refractivity contribution in [2.75, 3.05) is 0 Å². The molecule has 0 aliphatic carbocycles. The zero-order chi connectivity index (χ0) is 13.1. The predicted octanol–water partition coefficient (Wildman–Crippen LogP) is 3.50. The molecule has 0 saturated carbocycles. The van der Waals surface area contributed by atoms with Crippen molar-refractivity contribution in [3.8, 4) is 11.5 Å². The van der Waals surface area contributed by atoms with Gasteiger partial charge < -0.3 is 9.84 Å². The third-order valence-electron chi connectivity index (χ3n) is 3.08. The molecule has 0 radical (unpaired) electrons. The number of ether oxygens (including phenoxy) is 1. The lowest BCUT2D eigenvalue weighted by molar-refractivity contribution is -0.138. The van der Waals surface area contributed by atoms with Crippen LogP contribution in [0.25, 0.3) is 10.8 Å². The van der Waals surface area contributed by atoms with Crippen molar-refractivity contribution >= 4 is 16.7 Å². The van der Waals surface area contributed by atoms with E-state index >= 15 is 0 Å². The lowest BCUT2D eigenvalue weighted by atomic mass is 10.1. The second kappa shape index (κ2) is 5.08. The van der Waals surface area contributed by atoms with Gasteiger partial charge in [-0.25, -0.2) is 0 Å². The van der Waals surface area contributed by atoms with Crippen LogP contribution in [0.15, 0.2) is 36.4 Å². The molecule has 0 saturated heterocycles. The van der Waals surface area contributed by atoms with Gasteiger partial charge in [-0.2, -0.15) is 0 Å². The van der Waals surface area contributed by atoms with Gasteiger partial charge in [0.15, 0.2) is 0 Å². The standard InChI is InChI=1S/C15H16O3/c1-3-10(2)15(17)18-14-9-5-6-11-12(14)7-4-8-13(11)16/h4-10,16H,3H2,1-2H3. The minimum atomic E-state index is -0.242. The number of hydrogen-bond acceptors (Lipinski definition) is 3. The van der Waals surface area contributed by atoms with E-state index in [0.29, 0.717) is 11.1 Å². The summed E-state index contributed by atoms with van der Waals surface area (Å²) in [5.74, 6) is 0.313. The van der Waals surface area contributed by atoms with E-state index in [1.807, 2.05) is 19.9 Å². The van der Waals surface area contributed by atoms with Gasteiger partial charge >= 0.3 is 5.97 Å². The normalized spacial score (nSPS) is 12.3. The smallest absolute Gasteiger partial charge is 0.314 e. The van der Waals surface area contributed by atoms with E-state index in [9.17, 15) is 9.90 Å². The lowest BCUT2D eigenvalue weighted by Gasteiger charge is -2.11. The van der Waals surface area contributed by atoms with Crippen molar-refractivity contribution in [2.45, 2.75) is 20.3 Å². The number of phenolic OH excluding ortho intramolecular Hbond substituents is 1. The first kappa shape index (κ1) is 12.4. The van der Waals surface area contributed by atoms with Crippen molar-refractivity contribution in [1.82, 2.24) is 0 Å². The summed E-state index contributed by atoms with van der Waals surface area (Å²) in [7, 11) is 0. The molecule has 94 valence electrons. The summed E-state index contributed by atoms with van der Waals surface area (Å²) in [5, 5.41) is 11.2. The van der Waals surface area contributed by atoms with E-state index in [1.165, 1.54) is 0 Å². The van der Waals surface area contributed by atoms with Crippen LogP contribution in [0.2, 0.25) is 0 Å². The average Bonchev–Trinajstić information content (AvgIpc) is 2.39. The molecule has 1 atom stereocenters. The van der Waals surface area contributed by atoms with Crippen molar-refractivity contribution in [3.63, 3.8) is 0 Å². The summed E-state index contributed by atoms with van der Waals surface area (Å²) in [6.07, 6.45) is 0.745. The maximum atomic E-state index is 11.8. The largest absolute Gasteiger partial charge is 0.507 e. The van der Waals surface area contributed by atoms with Crippen LogP contribution in [0.5, 0.6) is 11.5 Å². The van der Waals surface area contributed by atoms with Gasteiger partial charge in [0.05, 0.1) is 5.92 Å². The molecule has 3 heteroatoms. The van der Waals surface area contributed by atoms with Crippen LogP contribution in [0.4, 0.5) is 0 Å². The third-order valence-corrected chi connectivity index (χ3v) is 3.08. The monoisotopic (exact) mass is 244 g/mol. The van der Waals surface area contributed by atoms with Crippen molar-refractivity contribution in [1.29, 1.82) is 0 Å². The van der Waals surface area contributed by atoms with Gasteiger partial charge in [-0.05, 0) is 18.6 Å². The minimum Gasteiger partial charge on any atom is -0.507 e. The zero-order valence-electron chi connectivity index (χ0n) is 10.5. The van der Waals surface area contributed by atoms with E-state index in [0.717, 1.165) is 11.8 Å². The fourth-order valence-corrected chi connectivity index (χ4v) is 1.73. The van der Waals surface area contributed by atoms with E-state index in [4.69, 9.17) is 4.74 Å². The summed E-state index contributed by atoms with van der Waals surface area (Å²) in [4.78, 5) is 11.8. The van der Waals surface area contributed by atoms with Crippen LogP contribution in [-0.4, -0.2) is 11.1 Å². The lowest BCUT2D eigenvalue weighted by Crippen LogP contribution is -2.17. The molecule has 0 aliphatic rings. The van der Waals surface area contributed by atoms with Crippen molar-refractivity contribution in [3.05, 3.63) is 36.4 Å². The second-order valence-corrected chi connectivity index (χ2v) is 4.36. The van der Waals surface area contributed by atoms with Gasteiger partial charge in [0.1, 0.15) is 11.5 Å². The van der Waals surface area contributed by atoms with Crippen LogP contribution in [0.3, 0.4) is 0 Å². The summed E-state index contributed by atoms with van der Waals surface area (Å²) in [6.45, 7) is 3.78. The predicted molar refractivity (Wildman–Crippen MR) is 70.7 cm³/mol. The maximum absolute atomic E-state index is 11.8. The molecule has 0 aromatic heterocycles. The van der Waals surface area contributed by atoms with E-state index in [-0.39, 0.29) is 17.6 Å². The number of phenols is 1. The second-order valence-electron chi connectivity index (χ2n) is 4.36. The van der Waals surface area contributed by atoms with Crippen LogP contribution in [0.1, 0.15) is 20.3 Å². The Balaban J connectivity index is 2.40. The molecule has 1 N–H and O–H groups in total. The highest BCUT2D eigenvalue weighted by atomic mass is 16.5. The summed E-state index contributed by atoms with van der Waals surface area (Å²) in [6, 6.07) is 10.5. The Labute approximate surface area is 106 Å². The number of aromatic hydroxyl groups is 1. The molecule has 0 aliphatic heterocycles. The van der Waals surface area contributed by atoms with Gasteiger partial charge in [0.25, 0.3) is 0 Å². The molecule has 0 bridgehead atoms. The van der Waals surface area contributed by atoms with E-state index in [2.05, 4.69) is 0 Å². The maximum Gasteiger partial charge on any atom is 0.314 e. The zero-order valence-corrected chi connectivity index (χ0v) is 10.5. The number of carbonyl (C=O) groups excluding carboxylic acids is 1. The fourth-order valence-electron chi connectivity index (χ4n) is 1.73. The van der Waals surface area contributed by atoms with Gasteiger partial charge in [-0.15, -0.1) is 0 Å². The molecule has 18 heavy (non-hydrogen) atoms. The molecular weight excluding hydrogens is 228 g/mol. The Bertz CT molecular complexity index is 575. The molecule has 3 nitrogen and oxygen atoms in total. The number of hydrogen-bond donors (Lipinski definition) is 1. The molecule has 2 aromatic carbocycles. The Hall–Kier alpha value is -2.03. The molecule has 0 spiro atoms. The summed E-state index contributed by atoms with van der Waals surface area (Å²) >= 11 is 0. The van der Waals surface area contributed by atoms with Crippen LogP contribution in [0, 0.1) is 5.92 Å². The van der Waals surface area contributed by atoms with E-state index < -0.39 is 0 Å². The number of carbonyl (C=O) groups is 1. The molecule has 0 heterocycles. The average molecular weight is 244 g/mol. The number of rotatable bonds is 3. The Morgan fingerprint density at radius 2 is 1.89 bits per heavy atom. The minimum absolute atomic E-state index is 0.127. The molecule has 2 rings (SSSR count). The van der Waals surface area contributed by atoms with Gasteiger partial charge in [-0.3, -0.25) is 4.79 Å². The van der Waals surface area contributed by atoms with Gasteiger partial charge in [-0.1, -0.05) is 38.1 Å². The van der Waals surface area contributed by atoms with Crippen molar-refractivity contribution < 1.29 is 14.6 Å². The topological polar surface area (TPSA) is 46.5 Å². The Morgan fingerprint density at radius 1 is 1.22 bits per heavy atom. The summed E-state index contributed by atoms with van der Waals surface area (Å²) in [5.41, 5.74) is 0. The highest BCUT2D eigenvalue weighted by molar-refractivity contribution is 5.94. The molecule has 0 fully saturated rings. The highest BCUT2D eigenvalue weighted by Crippen LogP contribution is 2.31. The summed E-state index contributed by atoms with van der Waals surface area (Å²) < 4.78 is 5.39. The van der Waals surface area contributed by atoms with E-state index in [1.54, 1.807) is 30.3 Å². The molecule has 2 aromatic rings. The third kappa shape index (κ3) is 2.30. The Kier molecular flexibility index (Phi) is 3.51. The SMILES string of the molecule is CCC(C)C(=O)Oc1cccc2c(O)cccc12. The first-order chi connectivity index (χ1) is 8.63.